The Bertz CT molecular complexity index is 375. The Morgan fingerprint density at radius 1 is 1.33 bits per heavy atom. The van der Waals surface area contributed by atoms with Gasteiger partial charge < -0.3 is 15.2 Å². The number of alkyl carbamates (subject to hydrolysis) is 1. The van der Waals surface area contributed by atoms with Crippen molar-refractivity contribution in [3.8, 4) is 0 Å². The molecule has 0 aromatic carbocycles. The summed E-state index contributed by atoms with van der Waals surface area (Å²) in [6.45, 7) is 6.98. The lowest BCUT2D eigenvalue weighted by molar-refractivity contribution is -0.134. The SMILES string of the molecule is CC=C(C(=O)O)C1(NC(=O)OC(C)(C)C)CCC1. The van der Waals surface area contributed by atoms with Crippen molar-refractivity contribution in [2.45, 2.75) is 58.1 Å². The standard InChI is InChI=1S/C13H21NO4/c1-5-9(10(15)16)13(7-6-8-13)14-11(17)18-12(2,3)4/h5H,6-8H2,1-4H3,(H,14,17)(H,15,16). The summed E-state index contributed by atoms with van der Waals surface area (Å²) in [5.41, 5.74) is -1.11. The molecule has 0 aromatic heterocycles. The van der Waals surface area contributed by atoms with Gasteiger partial charge in [-0.25, -0.2) is 9.59 Å². The second-order valence-corrected chi connectivity index (χ2v) is 5.57. The summed E-state index contributed by atoms with van der Waals surface area (Å²) < 4.78 is 5.17. The fourth-order valence-corrected chi connectivity index (χ4v) is 2.10. The van der Waals surface area contributed by atoms with Gasteiger partial charge in [0.15, 0.2) is 0 Å². The Hall–Kier alpha value is -1.52. The second-order valence-electron chi connectivity index (χ2n) is 5.57. The van der Waals surface area contributed by atoms with Gasteiger partial charge >= 0.3 is 12.1 Å². The van der Waals surface area contributed by atoms with Gasteiger partial charge in [0.05, 0.1) is 11.1 Å². The van der Waals surface area contributed by atoms with E-state index in [4.69, 9.17) is 9.84 Å². The number of carboxylic acid groups (broad SMARTS) is 1. The summed E-state index contributed by atoms with van der Waals surface area (Å²) in [7, 11) is 0. The van der Waals surface area contributed by atoms with Crippen molar-refractivity contribution < 1.29 is 19.4 Å². The zero-order chi connectivity index (χ0) is 14.0. The van der Waals surface area contributed by atoms with Crippen molar-refractivity contribution in [3.63, 3.8) is 0 Å². The molecule has 1 rings (SSSR count). The molecule has 0 atom stereocenters. The summed E-state index contributed by atoms with van der Waals surface area (Å²) >= 11 is 0. The van der Waals surface area contributed by atoms with Crippen LogP contribution in [0.1, 0.15) is 47.0 Å². The van der Waals surface area contributed by atoms with Crippen LogP contribution in [0.15, 0.2) is 11.6 Å². The lowest BCUT2D eigenvalue weighted by Gasteiger charge is -2.43. The van der Waals surface area contributed by atoms with Gasteiger partial charge in [-0.1, -0.05) is 6.08 Å². The Labute approximate surface area is 107 Å². The Kier molecular flexibility index (Phi) is 4.04. The third kappa shape index (κ3) is 3.24. The Morgan fingerprint density at radius 3 is 2.17 bits per heavy atom. The van der Waals surface area contributed by atoms with Gasteiger partial charge in [0.1, 0.15) is 5.60 Å². The topological polar surface area (TPSA) is 75.6 Å². The zero-order valence-corrected chi connectivity index (χ0v) is 11.4. The molecular weight excluding hydrogens is 234 g/mol. The first kappa shape index (κ1) is 14.5. The molecule has 0 bridgehead atoms. The molecule has 1 saturated carbocycles. The maximum atomic E-state index is 11.8. The van der Waals surface area contributed by atoms with Crippen LogP contribution < -0.4 is 5.32 Å². The molecule has 102 valence electrons. The minimum Gasteiger partial charge on any atom is -0.478 e. The largest absolute Gasteiger partial charge is 0.478 e. The second kappa shape index (κ2) is 5.00. The number of rotatable bonds is 3. The normalized spacial score (nSPS) is 18.8. The van der Waals surface area contributed by atoms with Crippen LogP contribution in [-0.2, 0) is 9.53 Å². The van der Waals surface area contributed by atoms with E-state index in [9.17, 15) is 9.59 Å². The summed E-state index contributed by atoms with van der Waals surface area (Å²) in [6.07, 6.45) is 3.15. The molecule has 1 aliphatic rings. The molecule has 1 amide bonds. The highest BCUT2D eigenvalue weighted by molar-refractivity contribution is 5.90. The molecule has 0 heterocycles. The molecule has 2 N–H and O–H groups in total. The summed E-state index contributed by atoms with van der Waals surface area (Å²) in [4.78, 5) is 22.9. The van der Waals surface area contributed by atoms with E-state index < -0.39 is 23.2 Å². The molecule has 5 heteroatoms. The number of amides is 1. The number of carboxylic acids is 1. The van der Waals surface area contributed by atoms with E-state index in [0.29, 0.717) is 12.8 Å². The molecule has 1 aliphatic carbocycles. The van der Waals surface area contributed by atoms with E-state index >= 15 is 0 Å². The molecule has 0 aromatic rings. The van der Waals surface area contributed by atoms with Crippen molar-refractivity contribution in [1.29, 1.82) is 0 Å². The zero-order valence-electron chi connectivity index (χ0n) is 11.4. The average Bonchev–Trinajstić information content (AvgIpc) is 2.10. The van der Waals surface area contributed by atoms with Crippen LogP contribution in [0, 0.1) is 0 Å². The van der Waals surface area contributed by atoms with Crippen molar-refractivity contribution >= 4 is 12.1 Å². The van der Waals surface area contributed by atoms with Crippen molar-refractivity contribution in [2.24, 2.45) is 0 Å². The maximum Gasteiger partial charge on any atom is 0.408 e. The van der Waals surface area contributed by atoms with E-state index in [1.165, 1.54) is 0 Å². The summed E-state index contributed by atoms with van der Waals surface area (Å²) in [5, 5.41) is 11.9. The molecule has 0 radical (unpaired) electrons. The van der Waals surface area contributed by atoms with E-state index in [0.717, 1.165) is 6.42 Å². The fourth-order valence-electron chi connectivity index (χ4n) is 2.10. The first-order chi connectivity index (χ1) is 8.20. The molecule has 1 fully saturated rings. The lowest BCUT2D eigenvalue weighted by Crippen LogP contribution is -2.57. The van der Waals surface area contributed by atoms with Gasteiger partial charge in [-0.2, -0.15) is 0 Å². The van der Waals surface area contributed by atoms with E-state index in [1.54, 1.807) is 33.8 Å². The number of nitrogens with one attached hydrogen (secondary N) is 1. The van der Waals surface area contributed by atoms with Crippen LogP contribution in [0.4, 0.5) is 4.79 Å². The minimum absolute atomic E-state index is 0.236. The Balaban J connectivity index is 2.79. The maximum absolute atomic E-state index is 11.8. The smallest absolute Gasteiger partial charge is 0.408 e. The molecule has 0 spiro atoms. The molecule has 0 saturated heterocycles. The van der Waals surface area contributed by atoms with Crippen LogP contribution >= 0.6 is 0 Å². The van der Waals surface area contributed by atoms with Crippen LogP contribution in [0.5, 0.6) is 0 Å². The van der Waals surface area contributed by atoms with Crippen LogP contribution in [-0.4, -0.2) is 28.3 Å². The third-order valence-corrected chi connectivity index (χ3v) is 2.98. The molecule has 18 heavy (non-hydrogen) atoms. The minimum atomic E-state index is -0.992. The molecule has 0 aliphatic heterocycles. The number of carbonyl (C=O) groups excluding carboxylic acids is 1. The van der Waals surface area contributed by atoms with Gasteiger partial charge in [0, 0.05) is 0 Å². The first-order valence-corrected chi connectivity index (χ1v) is 6.11. The monoisotopic (exact) mass is 255 g/mol. The molecule has 5 nitrogen and oxygen atoms in total. The number of carbonyl (C=O) groups is 2. The molecule has 0 unspecified atom stereocenters. The first-order valence-electron chi connectivity index (χ1n) is 6.11. The quantitative estimate of drug-likeness (QED) is 0.759. The molecular formula is C13H21NO4. The van der Waals surface area contributed by atoms with Crippen molar-refractivity contribution in [1.82, 2.24) is 5.32 Å². The lowest BCUT2D eigenvalue weighted by atomic mass is 9.71. The van der Waals surface area contributed by atoms with Crippen molar-refractivity contribution in [2.75, 3.05) is 0 Å². The van der Waals surface area contributed by atoms with Crippen LogP contribution in [0.25, 0.3) is 0 Å². The summed E-state index contributed by atoms with van der Waals surface area (Å²) in [6, 6.07) is 0. The fraction of sp³-hybridized carbons (Fsp3) is 0.692. The highest BCUT2D eigenvalue weighted by Gasteiger charge is 2.45. The average molecular weight is 255 g/mol. The number of aliphatic carboxylic acids is 1. The number of ether oxygens (including phenoxy) is 1. The van der Waals surface area contributed by atoms with Gasteiger partial charge in [-0.3, -0.25) is 0 Å². The van der Waals surface area contributed by atoms with Crippen LogP contribution in [0.2, 0.25) is 0 Å². The van der Waals surface area contributed by atoms with Crippen LogP contribution in [0.3, 0.4) is 0 Å². The van der Waals surface area contributed by atoms with E-state index in [-0.39, 0.29) is 5.57 Å². The number of hydrogen-bond donors (Lipinski definition) is 2. The number of allylic oxidation sites excluding steroid dienone is 1. The van der Waals surface area contributed by atoms with Gasteiger partial charge in [0.2, 0.25) is 0 Å². The highest BCUT2D eigenvalue weighted by atomic mass is 16.6. The van der Waals surface area contributed by atoms with Crippen molar-refractivity contribution in [3.05, 3.63) is 11.6 Å². The number of hydrogen-bond acceptors (Lipinski definition) is 3. The van der Waals surface area contributed by atoms with Gasteiger partial charge in [-0.15, -0.1) is 0 Å². The Morgan fingerprint density at radius 2 is 1.89 bits per heavy atom. The summed E-state index contributed by atoms with van der Waals surface area (Å²) in [5.74, 6) is -0.992. The predicted octanol–water partition coefficient (Wildman–Crippen LogP) is 2.46. The predicted molar refractivity (Wildman–Crippen MR) is 67.3 cm³/mol. The highest BCUT2D eigenvalue weighted by Crippen LogP contribution is 2.38. The van der Waals surface area contributed by atoms with Gasteiger partial charge in [0.25, 0.3) is 0 Å². The van der Waals surface area contributed by atoms with E-state index in [2.05, 4.69) is 5.32 Å². The van der Waals surface area contributed by atoms with Gasteiger partial charge in [-0.05, 0) is 47.0 Å². The van der Waals surface area contributed by atoms with E-state index in [1.807, 2.05) is 0 Å². The third-order valence-electron chi connectivity index (χ3n) is 2.98.